The predicted octanol–water partition coefficient (Wildman–Crippen LogP) is 2.96. The molecule has 3 heterocycles. The number of nitrogens with one attached hydrogen (secondary N) is 2. The quantitative estimate of drug-likeness (QED) is 0.608. The number of carbonyl (C=O) groups is 1. The largest absolute Gasteiger partial charge is 0.497 e. The van der Waals surface area contributed by atoms with E-state index in [9.17, 15) is 4.79 Å². The Balaban J connectivity index is 1.39. The minimum absolute atomic E-state index is 0.0872. The SMILES string of the molecule is COc1ccc(Nc2nnc(C(=O)Nc3cnc(N4CCOCC4)c(Cl)c3)o2)cc1. The summed E-state index contributed by atoms with van der Waals surface area (Å²) in [7, 11) is 1.59. The molecule has 0 radical (unpaired) electrons. The molecule has 0 aliphatic carbocycles. The number of amides is 1. The van der Waals surface area contributed by atoms with Crippen LogP contribution in [0.15, 0.2) is 40.9 Å². The Morgan fingerprint density at radius 1 is 1.17 bits per heavy atom. The van der Waals surface area contributed by atoms with Crippen molar-refractivity contribution >= 4 is 40.7 Å². The molecule has 30 heavy (non-hydrogen) atoms. The van der Waals surface area contributed by atoms with Gasteiger partial charge in [-0.3, -0.25) is 4.79 Å². The second-order valence-electron chi connectivity index (χ2n) is 6.35. The lowest BCUT2D eigenvalue weighted by molar-refractivity contribution is 0.0991. The molecule has 0 spiro atoms. The average Bonchev–Trinajstić information content (AvgIpc) is 3.24. The summed E-state index contributed by atoms with van der Waals surface area (Å²) in [5.74, 6) is 0.612. The van der Waals surface area contributed by atoms with Crippen LogP contribution in [0.1, 0.15) is 10.7 Å². The molecule has 1 saturated heterocycles. The van der Waals surface area contributed by atoms with Crippen LogP contribution < -0.4 is 20.3 Å². The van der Waals surface area contributed by atoms with E-state index in [4.69, 9.17) is 25.5 Å². The van der Waals surface area contributed by atoms with E-state index in [0.717, 1.165) is 5.75 Å². The molecule has 3 aromatic rings. The van der Waals surface area contributed by atoms with Gasteiger partial charge in [0.05, 0.1) is 37.2 Å². The smallest absolute Gasteiger partial charge is 0.320 e. The van der Waals surface area contributed by atoms with E-state index in [2.05, 4.69) is 25.8 Å². The van der Waals surface area contributed by atoms with Gasteiger partial charge in [0.15, 0.2) is 0 Å². The van der Waals surface area contributed by atoms with E-state index in [1.54, 1.807) is 37.4 Å². The molecule has 4 rings (SSSR count). The molecule has 2 aromatic heterocycles. The maximum atomic E-state index is 12.4. The van der Waals surface area contributed by atoms with Crippen LogP contribution in [0.2, 0.25) is 5.02 Å². The van der Waals surface area contributed by atoms with Gasteiger partial charge >= 0.3 is 17.8 Å². The van der Waals surface area contributed by atoms with Gasteiger partial charge in [-0.1, -0.05) is 16.7 Å². The fourth-order valence-corrected chi connectivity index (χ4v) is 3.14. The van der Waals surface area contributed by atoms with E-state index in [1.165, 1.54) is 6.20 Å². The van der Waals surface area contributed by atoms with Crippen LogP contribution in [0.5, 0.6) is 5.75 Å². The van der Waals surface area contributed by atoms with Crippen molar-refractivity contribution in [1.82, 2.24) is 15.2 Å². The maximum absolute atomic E-state index is 12.4. The normalized spacial score (nSPS) is 13.7. The van der Waals surface area contributed by atoms with Gasteiger partial charge in [-0.25, -0.2) is 4.98 Å². The average molecular weight is 431 g/mol. The highest BCUT2D eigenvalue weighted by molar-refractivity contribution is 6.33. The number of hydrogen-bond acceptors (Lipinski definition) is 9. The van der Waals surface area contributed by atoms with Crippen molar-refractivity contribution in [2.45, 2.75) is 0 Å². The van der Waals surface area contributed by atoms with Gasteiger partial charge in [-0.05, 0) is 30.3 Å². The molecule has 0 atom stereocenters. The monoisotopic (exact) mass is 430 g/mol. The summed E-state index contributed by atoms with van der Waals surface area (Å²) in [5, 5.41) is 13.6. The van der Waals surface area contributed by atoms with Crippen LogP contribution in [0.3, 0.4) is 0 Å². The first-order chi connectivity index (χ1) is 14.6. The van der Waals surface area contributed by atoms with E-state index in [0.29, 0.717) is 48.5 Å². The van der Waals surface area contributed by atoms with Gasteiger partial charge in [0, 0.05) is 18.8 Å². The lowest BCUT2D eigenvalue weighted by Gasteiger charge is -2.28. The summed E-state index contributed by atoms with van der Waals surface area (Å²) in [5.41, 5.74) is 1.13. The summed E-state index contributed by atoms with van der Waals surface area (Å²) < 4.78 is 15.8. The van der Waals surface area contributed by atoms with E-state index >= 15 is 0 Å². The second-order valence-corrected chi connectivity index (χ2v) is 6.76. The van der Waals surface area contributed by atoms with E-state index in [-0.39, 0.29) is 11.9 Å². The van der Waals surface area contributed by atoms with Crippen molar-refractivity contribution in [3.8, 4) is 5.75 Å². The highest BCUT2D eigenvalue weighted by Crippen LogP contribution is 2.27. The van der Waals surface area contributed by atoms with Crippen molar-refractivity contribution < 1.29 is 18.7 Å². The number of halogens is 1. The van der Waals surface area contributed by atoms with Crippen molar-refractivity contribution in [3.63, 3.8) is 0 Å². The first kappa shape index (κ1) is 19.9. The van der Waals surface area contributed by atoms with E-state index < -0.39 is 5.91 Å². The molecule has 1 amide bonds. The highest BCUT2D eigenvalue weighted by atomic mass is 35.5. The van der Waals surface area contributed by atoms with Crippen LogP contribution in [0.4, 0.5) is 23.2 Å². The fourth-order valence-electron chi connectivity index (χ4n) is 2.85. The third-order valence-electron chi connectivity index (χ3n) is 4.35. The van der Waals surface area contributed by atoms with Crippen LogP contribution in [0, 0.1) is 0 Å². The predicted molar refractivity (Wildman–Crippen MR) is 111 cm³/mol. The van der Waals surface area contributed by atoms with Gasteiger partial charge in [0.2, 0.25) is 0 Å². The van der Waals surface area contributed by atoms with Gasteiger partial charge in [-0.15, -0.1) is 5.10 Å². The lowest BCUT2D eigenvalue weighted by atomic mass is 10.3. The van der Waals surface area contributed by atoms with Crippen LogP contribution in [-0.2, 0) is 4.74 Å². The summed E-state index contributed by atoms with van der Waals surface area (Å²) >= 11 is 6.34. The molecule has 10 nitrogen and oxygen atoms in total. The number of morpholine rings is 1. The first-order valence-corrected chi connectivity index (χ1v) is 9.54. The number of ether oxygens (including phenoxy) is 2. The zero-order chi connectivity index (χ0) is 20.9. The molecular formula is C19H19ClN6O4. The number of aromatic nitrogens is 3. The van der Waals surface area contributed by atoms with Gasteiger partial charge < -0.3 is 29.4 Å². The molecule has 11 heteroatoms. The Bertz CT molecular complexity index is 1020. The number of pyridine rings is 1. The van der Waals surface area contributed by atoms with E-state index in [1.807, 2.05) is 4.90 Å². The zero-order valence-corrected chi connectivity index (χ0v) is 16.8. The van der Waals surface area contributed by atoms with Gasteiger partial charge in [0.25, 0.3) is 0 Å². The highest BCUT2D eigenvalue weighted by Gasteiger charge is 2.18. The standard InChI is InChI=1S/C19H19ClN6O4/c1-28-14-4-2-12(3-5-14)23-19-25-24-18(30-19)17(27)22-13-10-15(20)16(21-11-13)26-6-8-29-9-7-26/h2-5,10-11H,6-9H2,1H3,(H,22,27)(H,23,25). The fraction of sp³-hybridized carbons (Fsp3) is 0.263. The lowest BCUT2D eigenvalue weighted by Crippen LogP contribution is -2.36. The third-order valence-corrected chi connectivity index (χ3v) is 4.63. The summed E-state index contributed by atoms with van der Waals surface area (Å²) in [6, 6.07) is 8.85. The topological polar surface area (TPSA) is 115 Å². The van der Waals surface area contributed by atoms with Crippen LogP contribution in [0.25, 0.3) is 0 Å². The van der Waals surface area contributed by atoms with Gasteiger partial charge in [0.1, 0.15) is 11.6 Å². The Labute approximate surface area is 177 Å². The minimum atomic E-state index is -0.567. The zero-order valence-electron chi connectivity index (χ0n) is 16.1. The number of anilines is 4. The molecular weight excluding hydrogens is 412 g/mol. The van der Waals surface area contributed by atoms with Crippen LogP contribution in [-0.4, -0.2) is 54.5 Å². The van der Waals surface area contributed by atoms with Gasteiger partial charge in [-0.2, -0.15) is 0 Å². The molecule has 1 aliphatic rings. The molecule has 0 bridgehead atoms. The minimum Gasteiger partial charge on any atom is -0.497 e. The molecule has 1 aliphatic heterocycles. The molecule has 2 N–H and O–H groups in total. The molecule has 1 fully saturated rings. The Kier molecular flexibility index (Phi) is 5.96. The van der Waals surface area contributed by atoms with Crippen molar-refractivity contribution in [1.29, 1.82) is 0 Å². The Morgan fingerprint density at radius 3 is 2.63 bits per heavy atom. The number of hydrogen-bond donors (Lipinski definition) is 2. The van der Waals surface area contributed by atoms with Crippen LogP contribution >= 0.6 is 11.6 Å². The number of nitrogens with zero attached hydrogens (tertiary/aromatic N) is 4. The summed E-state index contributed by atoms with van der Waals surface area (Å²) in [6.45, 7) is 2.68. The Hall–Kier alpha value is -3.37. The number of carbonyl (C=O) groups excluding carboxylic acids is 1. The number of benzene rings is 1. The number of rotatable bonds is 6. The Morgan fingerprint density at radius 2 is 1.93 bits per heavy atom. The first-order valence-electron chi connectivity index (χ1n) is 9.16. The summed E-state index contributed by atoms with van der Waals surface area (Å²) in [6.07, 6.45) is 1.53. The third kappa shape index (κ3) is 4.61. The summed E-state index contributed by atoms with van der Waals surface area (Å²) in [4.78, 5) is 18.8. The van der Waals surface area contributed by atoms with Crippen molar-refractivity contribution in [3.05, 3.63) is 47.4 Å². The number of methoxy groups -OCH3 is 1. The molecule has 0 unspecified atom stereocenters. The molecule has 156 valence electrons. The van der Waals surface area contributed by atoms with Crippen molar-refractivity contribution in [2.24, 2.45) is 0 Å². The molecule has 0 saturated carbocycles. The maximum Gasteiger partial charge on any atom is 0.320 e. The second kappa shape index (κ2) is 8.97. The van der Waals surface area contributed by atoms with Crippen molar-refractivity contribution in [2.75, 3.05) is 48.9 Å². The molecule has 1 aromatic carbocycles.